The fourth-order valence-corrected chi connectivity index (χ4v) is 8.68. The molecule has 293 valence electrons. The second-order valence-electron chi connectivity index (χ2n) is 16.0. The number of aryl methyl sites for hydroxylation is 4. The van der Waals surface area contributed by atoms with Gasteiger partial charge in [0.1, 0.15) is 5.82 Å². The predicted octanol–water partition coefficient (Wildman–Crippen LogP) is 10.1. The summed E-state index contributed by atoms with van der Waals surface area (Å²) in [4.78, 5) is 16.6. The van der Waals surface area contributed by atoms with Gasteiger partial charge >= 0.3 is 14.0 Å². The Labute approximate surface area is 359 Å². The molecular weight excluding hydrogens is 886 g/mol. The van der Waals surface area contributed by atoms with Crippen molar-refractivity contribution in [1.82, 2.24) is 14.4 Å². The topological polar surface area (TPSA) is 40.4 Å². The third-order valence-corrected chi connectivity index (χ3v) is 11.7. The van der Waals surface area contributed by atoms with E-state index < -0.39 is 0 Å². The summed E-state index contributed by atoms with van der Waals surface area (Å²) >= 11 is 0. The Hall–Kier alpha value is -5.36. The second-order valence-corrected chi connectivity index (χ2v) is 16.0. The molecule has 58 heavy (non-hydrogen) atoms. The molecule has 9 rings (SSSR count). The van der Waals surface area contributed by atoms with Gasteiger partial charge in [-0.1, -0.05) is 116 Å². The average Bonchev–Trinajstić information content (AvgIpc) is 3.83. The number of nitrogens with zero attached hydrogens (tertiary/aromatic N) is 6. The largest absolute Gasteiger partial charge is 0.436 e. The van der Waals surface area contributed by atoms with Crippen LogP contribution < -0.4 is 25.4 Å². The number of pyridine rings is 1. The molecule has 0 aliphatic carbocycles. The molecule has 6 nitrogen and oxygen atoms in total. The molecule has 0 unspecified atom stereocenters. The Morgan fingerprint density at radius 2 is 1.24 bits per heavy atom. The number of aromatic nitrogens is 3. The normalized spacial score (nSPS) is 12.9. The van der Waals surface area contributed by atoms with E-state index in [-0.39, 0.29) is 34.1 Å². The van der Waals surface area contributed by atoms with E-state index >= 15 is 0 Å². The van der Waals surface area contributed by atoms with E-state index in [4.69, 9.17) is 4.98 Å². The average molecular weight is 937 g/mol. The SMILES string of the molecule is CC(C)c1cccc(C(C)C)c1B1N(C)c2ccc[c-]c2-c2nccn21.Cc1cnc(N2B(c3c(C)cccc3C)N(c3ccccc3)c3ccc[c-]c32)cc1C.[Ir]. The quantitative estimate of drug-likeness (QED) is 0.123. The maximum absolute atomic E-state index is 4.86. The summed E-state index contributed by atoms with van der Waals surface area (Å²) in [5, 5.41) is 0. The summed E-state index contributed by atoms with van der Waals surface area (Å²) in [6.07, 6.45) is 5.97. The third kappa shape index (κ3) is 7.20. The third-order valence-electron chi connectivity index (χ3n) is 11.7. The van der Waals surface area contributed by atoms with E-state index in [1.54, 1.807) is 0 Å². The van der Waals surface area contributed by atoms with Crippen molar-refractivity contribution in [2.75, 3.05) is 21.5 Å². The summed E-state index contributed by atoms with van der Waals surface area (Å²) in [6.45, 7) is 17.8. The first-order chi connectivity index (χ1) is 27.6. The van der Waals surface area contributed by atoms with Crippen molar-refractivity contribution < 1.29 is 20.1 Å². The Bertz CT molecular complexity index is 2500. The van der Waals surface area contributed by atoms with Crippen LogP contribution in [-0.2, 0) is 20.1 Å². The van der Waals surface area contributed by atoms with Crippen molar-refractivity contribution in [1.29, 1.82) is 0 Å². The molecule has 9 heteroatoms. The zero-order chi connectivity index (χ0) is 40.0. The number of rotatable bonds is 6. The van der Waals surface area contributed by atoms with Crippen LogP contribution in [0.5, 0.6) is 0 Å². The molecule has 0 saturated carbocycles. The van der Waals surface area contributed by atoms with Crippen molar-refractivity contribution in [2.45, 2.75) is 67.2 Å². The van der Waals surface area contributed by atoms with Gasteiger partial charge in [0, 0.05) is 50.2 Å². The van der Waals surface area contributed by atoms with Crippen molar-refractivity contribution >= 4 is 53.5 Å². The van der Waals surface area contributed by atoms with E-state index in [1.165, 1.54) is 50.0 Å². The minimum Gasteiger partial charge on any atom is -0.436 e. The summed E-state index contributed by atoms with van der Waals surface area (Å²) in [5.41, 5.74) is 16.1. The summed E-state index contributed by atoms with van der Waals surface area (Å²) in [7, 11) is 2.18. The fourth-order valence-electron chi connectivity index (χ4n) is 8.68. The van der Waals surface area contributed by atoms with E-state index in [0.717, 1.165) is 34.3 Å². The molecule has 2 aromatic heterocycles. The standard InChI is InChI=1S/C27H25BN3.C22H25BN3.Ir/c1-19-11-10-12-20(2)27(19)28-30(23-13-6-5-7-14-23)24-15-8-9-16-25(24)31(28)26-17-21(3)22(4)18-29-26;1-15(2)17-10-8-11-18(16(3)4)21(17)23-25(5)20-12-7-6-9-19(20)22-24-13-14-26(22)23;/h5-15,17-18H,1-4H3;6-8,10-16H,1-5H3;/q2*-1;. The maximum Gasteiger partial charge on any atom is 0.409 e. The zero-order valence-electron chi connectivity index (χ0n) is 35.0. The molecule has 0 N–H and O–H groups in total. The number of fused-ring (bicyclic) bond motifs is 4. The molecule has 7 aromatic rings. The number of hydrogen-bond donors (Lipinski definition) is 0. The maximum atomic E-state index is 4.86. The molecule has 0 atom stereocenters. The molecule has 2 aliphatic rings. The van der Waals surface area contributed by atoms with Crippen molar-refractivity contribution in [3.63, 3.8) is 0 Å². The Morgan fingerprint density at radius 1 is 0.603 bits per heavy atom. The fraction of sp³-hybridized carbons (Fsp3) is 0.224. The van der Waals surface area contributed by atoms with Crippen molar-refractivity contribution in [3.05, 3.63) is 173 Å². The van der Waals surface area contributed by atoms with Gasteiger partial charge in [-0.2, -0.15) is 18.2 Å². The number of para-hydroxylation sites is 2. The second kappa shape index (κ2) is 16.9. The molecule has 5 aromatic carbocycles. The van der Waals surface area contributed by atoms with Gasteiger partial charge in [0.2, 0.25) is 0 Å². The van der Waals surface area contributed by atoms with Gasteiger partial charge < -0.3 is 18.9 Å². The number of hydrogen-bond acceptors (Lipinski definition) is 5. The monoisotopic (exact) mass is 937 g/mol. The van der Waals surface area contributed by atoms with Gasteiger partial charge in [-0.25, -0.2) is 4.98 Å². The van der Waals surface area contributed by atoms with Crippen LogP contribution in [0.15, 0.2) is 128 Å². The number of anilines is 5. The van der Waals surface area contributed by atoms with Crippen LogP contribution in [0.25, 0.3) is 11.4 Å². The number of benzene rings is 5. The summed E-state index contributed by atoms with van der Waals surface area (Å²) in [5.74, 6) is 2.87. The molecule has 1 radical (unpaired) electrons. The van der Waals surface area contributed by atoms with Crippen LogP contribution in [-0.4, -0.2) is 35.5 Å². The van der Waals surface area contributed by atoms with Crippen LogP contribution in [0.3, 0.4) is 0 Å². The Balaban J connectivity index is 0.000000176. The Morgan fingerprint density at radius 3 is 1.90 bits per heavy atom. The molecular formula is C49H50B2IrN6-2. The van der Waals surface area contributed by atoms with E-state index in [0.29, 0.717) is 11.8 Å². The van der Waals surface area contributed by atoms with Crippen molar-refractivity contribution in [3.8, 4) is 11.4 Å². The minimum absolute atomic E-state index is 0. The predicted molar refractivity (Wildman–Crippen MR) is 241 cm³/mol. The van der Waals surface area contributed by atoms with Crippen LogP contribution >= 0.6 is 0 Å². The van der Waals surface area contributed by atoms with Gasteiger partial charge in [-0.15, -0.1) is 30.3 Å². The molecule has 4 heterocycles. The van der Waals surface area contributed by atoms with Crippen LogP contribution in [0.4, 0.5) is 28.6 Å². The zero-order valence-corrected chi connectivity index (χ0v) is 37.3. The van der Waals surface area contributed by atoms with Gasteiger partial charge in [0.25, 0.3) is 0 Å². The first kappa shape index (κ1) is 40.8. The molecule has 0 spiro atoms. The smallest absolute Gasteiger partial charge is 0.409 e. The van der Waals surface area contributed by atoms with Gasteiger partial charge in [-0.05, 0) is 98.0 Å². The van der Waals surface area contributed by atoms with Crippen LogP contribution in [0, 0.1) is 39.8 Å². The first-order valence-electron chi connectivity index (χ1n) is 20.1. The first-order valence-corrected chi connectivity index (χ1v) is 20.1. The number of imidazole rings is 1. The van der Waals surface area contributed by atoms with Gasteiger partial charge in [0.15, 0.2) is 0 Å². The van der Waals surface area contributed by atoms with Crippen molar-refractivity contribution in [2.24, 2.45) is 0 Å². The minimum atomic E-state index is -0.0492. The van der Waals surface area contributed by atoms with Gasteiger partial charge in [0.05, 0.1) is 0 Å². The van der Waals surface area contributed by atoms with E-state index in [2.05, 4.69) is 202 Å². The van der Waals surface area contributed by atoms with Crippen LogP contribution in [0.2, 0.25) is 0 Å². The molecule has 2 aliphatic heterocycles. The Kier molecular flexibility index (Phi) is 11.9. The molecule has 0 bridgehead atoms. The van der Waals surface area contributed by atoms with E-state index in [9.17, 15) is 0 Å². The summed E-state index contributed by atoms with van der Waals surface area (Å²) in [6, 6.07) is 45.4. The van der Waals surface area contributed by atoms with Gasteiger partial charge in [-0.3, -0.25) is 4.98 Å². The summed E-state index contributed by atoms with van der Waals surface area (Å²) < 4.78 is 2.30. The van der Waals surface area contributed by atoms with E-state index in [1.807, 2.05) is 24.5 Å². The molecule has 0 amide bonds. The molecule has 0 saturated heterocycles. The molecule has 0 fully saturated rings. The van der Waals surface area contributed by atoms with Crippen LogP contribution in [0.1, 0.15) is 72.9 Å².